The van der Waals surface area contributed by atoms with Crippen LogP contribution >= 0.6 is 12.2 Å². The Kier molecular flexibility index (Phi) is 6.72. The van der Waals surface area contributed by atoms with Crippen LogP contribution in [-0.2, 0) is 14.3 Å². The van der Waals surface area contributed by atoms with Crippen LogP contribution in [0.2, 0.25) is 0 Å². The van der Waals surface area contributed by atoms with Gasteiger partial charge in [0.2, 0.25) is 0 Å². The second-order valence-corrected chi connectivity index (χ2v) is 2.93. The molecule has 13 heavy (non-hydrogen) atoms. The first kappa shape index (κ1) is 12.5. The normalized spacial score (nSPS) is 12.6. The molecule has 4 heteroatoms. The SMILES string of the molecule is CCC(CC)OC(C=S)C(=O)OC. The minimum atomic E-state index is -0.704. The van der Waals surface area contributed by atoms with E-state index in [-0.39, 0.29) is 6.10 Å². The molecule has 0 saturated heterocycles. The molecule has 0 heterocycles. The lowest BCUT2D eigenvalue weighted by molar-refractivity contribution is -0.152. The molecule has 0 amide bonds. The molecular weight excluding hydrogens is 188 g/mol. The van der Waals surface area contributed by atoms with E-state index in [4.69, 9.17) is 4.74 Å². The molecule has 0 bridgehead atoms. The van der Waals surface area contributed by atoms with Gasteiger partial charge >= 0.3 is 5.97 Å². The molecule has 0 aliphatic carbocycles. The summed E-state index contributed by atoms with van der Waals surface area (Å²) < 4.78 is 9.95. The van der Waals surface area contributed by atoms with Crippen molar-refractivity contribution in [1.82, 2.24) is 0 Å². The summed E-state index contributed by atoms with van der Waals surface area (Å²) in [6.45, 7) is 4.01. The van der Waals surface area contributed by atoms with Crippen molar-refractivity contribution in [1.29, 1.82) is 0 Å². The van der Waals surface area contributed by atoms with E-state index >= 15 is 0 Å². The van der Waals surface area contributed by atoms with Gasteiger partial charge in [-0.25, -0.2) is 4.79 Å². The average Bonchev–Trinajstić information content (AvgIpc) is 2.19. The molecule has 0 spiro atoms. The van der Waals surface area contributed by atoms with Crippen LogP contribution in [0.5, 0.6) is 0 Å². The Labute approximate surface area is 84.4 Å². The third-order valence-corrected chi connectivity index (χ3v) is 2.05. The fourth-order valence-electron chi connectivity index (χ4n) is 0.948. The smallest absolute Gasteiger partial charge is 0.339 e. The van der Waals surface area contributed by atoms with E-state index in [0.29, 0.717) is 0 Å². The third-order valence-electron chi connectivity index (χ3n) is 1.81. The first-order chi connectivity index (χ1) is 6.19. The highest BCUT2D eigenvalue weighted by Crippen LogP contribution is 2.06. The predicted octanol–water partition coefficient (Wildman–Crippen LogP) is 1.73. The Morgan fingerprint density at radius 3 is 2.31 bits per heavy atom. The van der Waals surface area contributed by atoms with Crippen molar-refractivity contribution >= 4 is 23.6 Å². The summed E-state index contributed by atoms with van der Waals surface area (Å²) in [5.74, 6) is -0.429. The minimum Gasteiger partial charge on any atom is -0.467 e. The van der Waals surface area contributed by atoms with Crippen LogP contribution in [0.3, 0.4) is 0 Å². The van der Waals surface area contributed by atoms with E-state index in [1.807, 2.05) is 13.8 Å². The van der Waals surface area contributed by atoms with Gasteiger partial charge in [0.05, 0.1) is 13.2 Å². The van der Waals surface area contributed by atoms with Gasteiger partial charge in [0, 0.05) is 5.37 Å². The first-order valence-electron chi connectivity index (χ1n) is 4.38. The van der Waals surface area contributed by atoms with Gasteiger partial charge in [0.15, 0.2) is 6.10 Å². The van der Waals surface area contributed by atoms with Gasteiger partial charge in [0.1, 0.15) is 0 Å². The molecule has 0 rings (SSSR count). The molecule has 0 aromatic heterocycles. The number of thiocarbonyl (C=S) groups is 1. The highest BCUT2D eigenvalue weighted by atomic mass is 32.1. The van der Waals surface area contributed by atoms with Crippen LogP contribution in [0.1, 0.15) is 26.7 Å². The molecule has 0 fully saturated rings. The second-order valence-electron chi connectivity index (χ2n) is 2.65. The number of methoxy groups -OCH3 is 1. The van der Waals surface area contributed by atoms with Crippen molar-refractivity contribution in [3.05, 3.63) is 0 Å². The van der Waals surface area contributed by atoms with Gasteiger partial charge in [-0.3, -0.25) is 0 Å². The molecule has 1 atom stereocenters. The van der Waals surface area contributed by atoms with Crippen molar-refractivity contribution in [2.24, 2.45) is 0 Å². The summed E-state index contributed by atoms with van der Waals surface area (Å²) in [6, 6.07) is 0. The lowest BCUT2D eigenvalue weighted by atomic mass is 10.2. The molecule has 1 unspecified atom stereocenters. The quantitative estimate of drug-likeness (QED) is 0.487. The number of ether oxygens (including phenoxy) is 2. The lowest BCUT2D eigenvalue weighted by Gasteiger charge is -2.18. The zero-order valence-electron chi connectivity index (χ0n) is 8.28. The Morgan fingerprint density at radius 1 is 1.46 bits per heavy atom. The molecule has 76 valence electrons. The molecule has 0 aliphatic rings. The predicted molar refractivity (Wildman–Crippen MR) is 54.9 cm³/mol. The second kappa shape index (κ2) is 6.97. The van der Waals surface area contributed by atoms with Crippen LogP contribution in [0.15, 0.2) is 0 Å². The maximum Gasteiger partial charge on any atom is 0.339 e. The molecule has 0 aromatic carbocycles. The summed E-state index contributed by atoms with van der Waals surface area (Å²) in [6.07, 6.45) is 1.11. The van der Waals surface area contributed by atoms with Gasteiger partial charge < -0.3 is 9.47 Å². The van der Waals surface area contributed by atoms with E-state index in [1.54, 1.807) is 0 Å². The Morgan fingerprint density at radius 2 is 2.00 bits per heavy atom. The van der Waals surface area contributed by atoms with Gasteiger partial charge in [-0.15, -0.1) is 0 Å². The fraction of sp³-hybridized carbons (Fsp3) is 0.778. The number of esters is 1. The molecule has 0 radical (unpaired) electrons. The summed E-state index contributed by atoms with van der Waals surface area (Å²) in [7, 11) is 1.32. The Bertz CT molecular complexity index is 166. The molecular formula is C9H16O3S. The lowest BCUT2D eigenvalue weighted by Crippen LogP contribution is -2.30. The third kappa shape index (κ3) is 4.33. The summed E-state index contributed by atoms with van der Waals surface area (Å²) in [5.41, 5.74) is 0. The van der Waals surface area contributed by atoms with E-state index in [0.717, 1.165) is 12.8 Å². The molecule has 0 saturated carbocycles. The van der Waals surface area contributed by atoms with Crippen LogP contribution in [0, 0.1) is 0 Å². The molecule has 0 aliphatic heterocycles. The highest BCUT2D eigenvalue weighted by Gasteiger charge is 2.19. The number of carbonyl (C=O) groups is 1. The van der Waals surface area contributed by atoms with Gasteiger partial charge in [-0.2, -0.15) is 0 Å². The minimum absolute atomic E-state index is 0.0725. The van der Waals surface area contributed by atoms with Crippen molar-refractivity contribution < 1.29 is 14.3 Å². The first-order valence-corrected chi connectivity index (χ1v) is 4.85. The van der Waals surface area contributed by atoms with Crippen LogP contribution in [-0.4, -0.2) is 30.7 Å². The van der Waals surface area contributed by atoms with E-state index < -0.39 is 12.1 Å². The van der Waals surface area contributed by atoms with E-state index in [9.17, 15) is 4.79 Å². The van der Waals surface area contributed by atoms with Gasteiger partial charge in [-0.05, 0) is 12.8 Å². The Balaban J connectivity index is 4.10. The summed E-state index contributed by atoms with van der Waals surface area (Å²) >= 11 is 4.68. The molecule has 0 N–H and O–H groups in total. The van der Waals surface area contributed by atoms with Crippen molar-refractivity contribution in [2.45, 2.75) is 38.9 Å². The van der Waals surface area contributed by atoms with E-state index in [1.165, 1.54) is 12.5 Å². The number of carbonyl (C=O) groups excluding carboxylic acids is 1. The Hall–Kier alpha value is -0.480. The standard InChI is InChI=1S/C9H16O3S/c1-4-7(5-2)12-8(6-13)9(10)11-3/h6-8H,4-5H2,1-3H3. The van der Waals surface area contributed by atoms with Crippen LogP contribution in [0.25, 0.3) is 0 Å². The van der Waals surface area contributed by atoms with Gasteiger partial charge in [0.25, 0.3) is 0 Å². The van der Waals surface area contributed by atoms with E-state index in [2.05, 4.69) is 17.0 Å². The maximum atomic E-state index is 11.1. The number of rotatable bonds is 6. The van der Waals surface area contributed by atoms with Crippen LogP contribution < -0.4 is 0 Å². The monoisotopic (exact) mass is 204 g/mol. The number of hydrogen-bond acceptors (Lipinski definition) is 4. The summed E-state index contributed by atoms with van der Waals surface area (Å²) in [5, 5.41) is 1.30. The number of hydrogen-bond donors (Lipinski definition) is 0. The topological polar surface area (TPSA) is 35.5 Å². The zero-order chi connectivity index (χ0) is 10.3. The fourth-order valence-corrected chi connectivity index (χ4v) is 1.12. The maximum absolute atomic E-state index is 11.1. The molecule has 3 nitrogen and oxygen atoms in total. The molecule has 0 aromatic rings. The largest absolute Gasteiger partial charge is 0.467 e. The van der Waals surface area contributed by atoms with Crippen LogP contribution in [0.4, 0.5) is 0 Å². The highest BCUT2D eigenvalue weighted by molar-refractivity contribution is 7.79. The van der Waals surface area contributed by atoms with Crippen molar-refractivity contribution in [2.75, 3.05) is 7.11 Å². The van der Waals surface area contributed by atoms with Crippen molar-refractivity contribution in [3.8, 4) is 0 Å². The van der Waals surface area contributed by atoms with Gasteiger partial charge in [-0.1, -0.05) is 26.1 Å². The summed E-state index contributed by atoms with van der Waals surface area (Å²) in [4.78, 5) is 11.1. The van der Waals surface area contributed by atoms with Crippen molar-refractivity contribution in [3.63, 3.8) is 0 Å². The zero-order valence-corrected chi connectivity index (χ0v) is 9.10. The average molecular weight is 204 g/mol.